The van der Waals surface area contributed by atoms with Crippen molar-refractivity contribution in [1.82, 2.24) is 0 Å². The van der Waals surface area contributed by atoms with E-state index in [2.05, 4.69) is 5.32 Å². The molecule has 0 saturated heterocycles. The van der Waals surface area contributed by atoms with Crippen LogP contribution in [0.1, 0.15) is 30.9 Å². The molecule has 1 aliphatic rings. The fraction of sp³-hybridized carbons (Fsp3) is 0.316. The first-order chi connectivity index (χ1) is 11.6. The van der Waals surface area contributed by atoms with Crippen molar-refractivity contribution in [3.63, 3.8) is 0 Å². The van der Waals surface area contributed by atoms with E-state index >= 15 is 0 Å². The van der Waals surface area contributed by atoms with Crippen LogP contribution in [0.15, 0.2) is 54.6 Å². The number of nitrogens with zero attached hydrogens (tertiary/aromatic N) is 1. The van der Waals surface area contributed by atoms with Gasteiger partial charge in [0.05, 0.1) is 0 Å². The molecule has 1 N–H and O–H groups in total. The minimum Gasteiger partial charge on any atom is -0.325 e. The minimum atomic E-state index is -1.01. The van der Waals surface area contributed by atoms with Crippen molar-refractivity contribution in [3.05, 3.63) is 75.8 Å². The van der Waals surface area contributed by atoms with E-state index in [9.17, 15) is 14.9 Å². The Labute approximate surface area is 140 Å². The van der Waals surface area contributed by atoms with E-state index in [-0.39, 0.29) is 17.4 Å². The number of rotatable bonds is 6. The second-order valence-corrected chi connectivity index (χ2v) is 6.17. The van der Waals surface area contributed by atoms with Crippen molar-refractivity contribution in [3.8, 4) is 0 Å². The number of hydrogen-bond donors (Lipinski definition) is 1. The average Bonchev–Trinajstić information content (AvgIpc) is 2.87. The predicted octanol–water partition coefficient (Wildman–Crippen LogP) is 3.62. The molecule has 2 aromatic rings. The fourth-order valence-corrected chi connectivity index (χ4v) is 3.88. The summed E-state index contributed by atoms with van der Waals surface area (Å²) in [6.45, 7) is 1.76. The van der Waals surface area contributed by atoms with Gasteiger partial charge in [0.2, 0.25) is 12.5 Å². The number of fused-ring (bicyclic) bond motifs is 1. The highest BCUT2D eigenvalue weighted by Gasteiger charge is 2.54. The number of nitrogens with one attached hydrogen (secondary N) is 1. The molecule has 0 unspecified atom stereocenters. The molecule has 0 aromatic heterocycles. The lowest BCUT2D eigenvalue weighted by molar-refractivity contribution is -0.489. The van der Waals surface area contributed by atoms with Gasteiger partial charge in [0.15, 0.2) is 0 Å². The van der Waals surface area contributed by atoms with E-state index < -0.39 is 11.3 Å². The first-order valence-electron chi connectivity index (χ1n) is 8.19. The summed E-state index contributed by atoms with van der Waals surface area (Å²) >= 11 is 0. The van der Waals surface area contributed by atoms with Gasteiger partial charge in [-0.15, -0.1) is 0 Å². The molecule has 3 rings (SSSR count). The normalized spacial score (nSPS) is 20.3. The largest absolute Gasteiger partial charge is 0.325 e. The molecule has 2 atom stereocenters. The lowest BCUT2D eigenvalue weighted by atomic mass is 9.65. The van der Waals surface area contributed by atoms with E-state index in [0.717, 1.165) is 23.2 Å². The van der Waals surface area contributed by atoms with Gasteiger partial charge in [-0.05, 0) is 23.6 Å². The van der Waals surface area contributed by atoms with Crippen LogP contribution < -0.4 is 5.32 Å². The zero-order chi connectivity index (χ0) is 17.2. The third-order valence-corrected chi connectivity index (χ3v) is 4.81. The zero-order valence-electron chi connectivity index (χ0n) is 13.6. The fourth-order valence-electron chi connectivity index (χ4n) is 3.88. The summed E-state index contributed by atoms with van der Waals surface area (Å²) in [7, 11) is 0. The number of amides is 1. The van der Waals surface area contributed by atoms with Crippen molar-refractivity contribution in [1.29, 1.82) is 0 Å². The van der Waals surface area contributed by atoms with Crippen LogP contribution in [-0.2, 0) is 10.2 Å². The smallest absolute Gasteiger partial charge is 0.240 e. The molecule has 5 nitrogen and oxygen atoms in total. The molecule has 1 heterocycles. The molecule has 2 aromatic carbocycles. The molecular formula is C19H20N2O3. The summed E-state index contributed by atoms with van der Waals surface area (Å²) in [5, 5.41) is 14.2. The third-order valence-electron chi connectivity index (χ3n) is 4.81. The first kappa shape index (κ1) is 16.2. The summed E-state index contributed by atoms with van der Waals surface area (Å²) in [5.74, 6) is -0.571. The van der Waals surface area contributed by atoms with Gasteiger partial charge >= 0.3 is 0 Å². The molecule has 0 spiro atoms. The maximum atomic E-state index is 13.1. The number of nitro groups is 1. The first-order valence-corrected chi connectivity index (χ1v) is 8.19. The Morgan fingerprint density at radius 2 is 1.79 bits per heavy atom. The van der Waals surface area contributed by atoms with E-state index in [0.29, 0.717) is 6.42 Å². The number of benzene rings is 2. The van der Waals surface area contributed by atoms with E-state index in [1.165, 1.54) is 0 Å². The Morgan fingerprint density at radius 1 is 1.12 bits per heavy atom. The molecule has 0 radical (unpaired) electrons. The van der Waals surface area contributed by atoms with E-state index in [4.69, 9.17) is 0 Å². The molecule has 24 heavy (non-hydrogen) atoms. The van der Waals surface area contributed by atoms with Crippen LogP contribution >= 0.6 is 0 Å². The maximum Gasteiger partial charge on any atom is 0.240 e. The highest BCUT2D eigenvalue weighted by atomic mass is 16.6. The van der Waals surface area contributed by atoms with Gasteiger partial charge in [0.25, 0.3) is 0 Å². The second-order valence-electron chi connectivity index (χ2n) is 6.17. The van der Waals surface area contributed by atoms with Crippen LogP contribution in [-0.4, -0.2) is 17.4 Å². The molecule has 1 aliphatic heterocycles. The monoisotopic (exact) mass is 324 g/mol. The molecule has 0 bridgehead atoms. The zero-order valence-corrected chi connectivity index (χ0v) is 13.6. The van der Waals surface area contributed by atoms with Crippen LogP contribution in [0.3, 0.4) is 0 Å². The van der Waals surface area contributed by atoms with Crippen molar-refractivity contribution < 1.29 is 9.72 Å². The van der Waals surface area contributed by atoms with Crippen LogP contribution in [0.5, 0.6) is 0 Å². The molecule has 5 heteroatoms. The van der Waals surface area contributed by atoms with Gasteiger partial charge in [-0.25, -0.2) is 0 Å². The van der Waals surface area contributed by atoms with Crippen molar-refractivity contribution in [2.75, 3.05) is 11.9 Å². The van der Waals surface area contributed by atoms with E-state index in [1.807, 2.05) is 61.5 Å². The minimum absolute atomic E-state index is 0.171. The summed E-state index contributed by atoms with van der Waals surface area (Å²) < 4.78 is 0. The summed E-state index contributed by atoms with van der Waals surface area (Å²) in [6.07, 6.45) is 1.39. The van der Waals surface area contributed by atoms with Crippen LogP contribution in [0.2, 0.25) is 0 Å². The summed E-state index contributed by atoms with van der Waals surface area (Å²) in [5.41, 5.74) is 1.38. The number of anilines is 1. The van der Waals surface area contributed by atoms with Gasteiger partial charge < -0.3 is 5.32 Å². The van der Waals surface area contributed by atoms with E-state index in [1.54, 1.807) is 0 Å². The average molecular weight is 324 g/mol. The van der Waals surface area contributed by atoms with Gasteiger partial charge in [0, 0.05) is 16.5 Å². The summed E-state index contributed by atoms with van der Waals surface area (Å²) in [4.78, 5) is 24.1. The van der Waals surface area contributed by atoms with Crippen molar-refractivity contribution in [2.45, 2.75) is 25.2 Å². The summed E-state index contributed by atoms with van der Waals surface area (Å²) in [6, 6.07) is 16.9. The number of carbonyl (C=O) groups is 1. The van der Waals surface area contributed by atoms with Gasteiger partial charge in [-0.3, -0.25) is 14.9 Å². The van der Waals surface area contributed by atoms with Gasteiger partial charge in [-0.2, -0.15) is 0 Å². The SMILES string of the molecule is CCC[C@@H](C[N+](=O)[O-])[C@]1(c2ccccc2)C(=O)Nc2ccccc21. The Hall–Kier alpha value is -2.69. The Kier molecular flexibility index (Phi) is 4.34. The predicted molar refractivity (Wildman–Crippen MR) is 92.6 cm³/mol. The Balaban J connectivity index is 2.26. The molecule has 1 amide bonds. The lowest BCUT2D eigenvalue weighted by Gasteiger charge is -2.34. The quantitative estimate of drug-likeness (QED) is 0.651. The number of carbonyl (C=O) groups excluding carboxylic acids is 1. The van der Waals surface area contributed by atoms with Crippen LogP contribution in [0, 0.1) is 16.0 Å². The molecular weight excluding hydrogens is 304 g/mol. The standard InChI is InChI=1S/C19H20N2O3/c1-2-8-15(13-21(23)24)19(14-9-4-3-5-10-14)16-11-6-7-12-17(16)20-18(19)22/h3-7,9-12,15H,2,8,13H2,1H3,(H,20,22)/t15-,19-/m0/s1. The Morgan fingerprint density at radius 3 is 2.46 bits per heavy atom. The second kappa shape index (κ2) is 6.43. The molecule has 124 valence electrons. The van der Waals surface area contributed by atoms with Gasteiger partial charge in [-0.1, -0.05) is 61.9 Å². The van der Waals surface area contributed by atoms with Crippen molar-refractivity contribution in [2.24, 2.45) is 5.92 Å². The van der Waals surface area contributed by atoms with Crippen LogP contribution in [0.4, 0.5) is 5.69 Å². The highest BCUT2D eigenvalue weighted by Crippen LogP contribution is 2.49. The highest BCUT2D eigenvalue weighted by molar-refractivity contribution is 6.09. The van der Waals surface area contributed by atoms with Gasteiger partial charge in [0.1, 0.15) is 5.41 Å². The Bertz CT molecular complexity index is 760. The molecule has 0 saturated carbocycles. The van der Waals surface area contributed by atoms with Crippen molar-refractivity contribution >= 4 is 11.6 Å². The molecule has 0 fully saturated rings. The number of para-hydroxylation sites is 1. The van der Waals surface area contributed by atoms with Crippen LogP contribution in [0.25, 0.3) is 0 Å². The molecule has 0 aliphatic carbocycles. The lowest BCUT2D eigenvalue weighted by Crippen LogP contribution is -2.45. The third kappa shape index (κ3) is 2.46. The topological polar surface area (TPSA) is 72.2 Å². The maximum absolute atomic E-state index is 13.1. The number of hydrogen-bond acceptors (Lipinski definition) is 3.